The van der Waals surface area contributed by atoms with Crippen LogP contribution >= 0.6 is 0 Å². The zero-order valence-corrected chi connectivity index (χ0v) is 22.0. The summed E-state index contributed by atoms with van der Waals surface area (Å²) in [7, 11) is 0. The van der Waals surface area contributed by atoms with Crippen molar-refractivity contribution in [3.63, 3.8) is 0 Å². The fourth-order valence-electron chi connectivity index (χ4n) is 5.13. The first kappa shape index (κ1) is 25.4. The Balaban J connectivity index is 1.75. The Labute approximate surface area is 222 Å². The minimum absolute atomic E-state index is 0.0580. The molecule has 0 radical (unpaired) electrons. The van der Waals surface area contributed by atoms with Crippen LogP contribution in [0.1, 0.15) is 54.6 Å². The topological polar surface area (TPSA) is 57.6 Å². The molecular formula is C33H30FNO3. The highest BCUT2D eigenvalue weighted by Gasteiger charge is 2.46. The molecule has 1 atom stereocenters. The van der Waals surface area contributed by atoms with E-state index < -0.39 is 17.7 Å². The van der Waals surface area contributed by atoms with Crippen molar-refractivity contribution in [1.82, 2.24) is 4.90 Å². The summed E-state index contributed by atoms with van der Waals surface area (Å²) in [5, 5.41) is 13.6. The van der Waals surface area contributed by atoms with E-state index in [0.29, 0.717) is 11.1 Å². The number of benzene rings is 4. The minimum Gasteiger partial charge on any atom is -0.507 e. The van der Waals surface area contributed by atoms with Crippen molar-refractivity contribution in [3.8, 4) is 0 Å². The standard InChI is InChI=1S/C33H30FNO3/c1-20-12-15-23(33(2,3)4)18-27(20)30(36)28-29(26-11-7-9-22-8-5-6-10-25(22)26)35(32(38)31(28)37)19-21-13-16-24(34)17-14-21/h5-18,29,36H,19H2,1-4H3/b30-28+. The van der Waals surface area contributed by atoms with Crippen LogP contribution in [-0.4, -0.2) is 21.7 Å². The van der Waals surface area contributed by atoms with Crippen molar-refractivity contribution >= 4 is 28.2 Å². The van der Waals surface area contributed by atoms with Crippen molar-refractivity contribution in [1.29, 1.82) is 0 Å². The van der Waals surface area contributed by atoms with Gasteiger partial charge in [0.2, 0.25) is 0 Å². The number of carbonyl (C=O) groups is 2. The molecule has 0 bridgehead atoms. The minimum atomic E-state index is -0.816. The maximum absolute atomic E-state index is 13.6. The number of Topliss-reactive ketones (excluding diaryl/α,β-unsaturated/α-hetero) is 1. The number of amides is 1. The van der Waals surface area contributed by atoms with Gasteiger partial charge in [-0.15, -0.1) is 0 Å². The van der Waals surface area contributed by atoms with Gasteiger partial charge in [-0.1, -0.05) is 87.5 Å². The van der Waals surface area contributed by atoms with Gasteiger partial charge in [-0.3, -0.25) is 9.59 Å². The summed E-state index contributed by atoms with van der Waals surface area (Å²) in [5.74, 6) is -2.00. The van der Waals surface area contributed by atoms with Crippen LogP contribution < -0.4 is 0 Å². The molecule has 4 aromatic rings. The number of aliphatic hydroxyl groups excluding tert-OH is 1. The predicted octanol–water partition coefficient (Wildman–Crippen LogP) is 7.21. The number of aryl methyl sites for hydroxylation is 1. The molecule has 0 aliphatic carbocycles. The Hall–Kier alpha value is -4.25. The molecule has 192 valence electrons. The Morgan fingerprint density at radius 2 is 1.61 bits per heavy atom. The summed E-state index contributed by atoms with van der Waals surface area (Å²) in [4.78, 5) is 28.6. The van der Waals surface area contributed by atoms with Crippen molar-refractivity contribution in [2.24, 2.45) is 0 Å². The second-order valence-electron chi connectivity index (χ2n) is 10.9. The summed E-state index contributed by atoms with van der Waals surface area (Å²) in [6.45, 7) is 8.22. The number of carbonyl (C=O) groups excluding carboxylic acids is 2. The van der Waals surface area contributed by atoms with E-state index in [1.165, 1.54) is 17.0 Å². The number of hydrogen-bond acceptors (Lipinski definition) is 3. The average molecular weight is 508 g/mol. The van der Waals surface area contributed by atoms with Crippen LogP contribution in [0.5, 0.6) is 0 Å². The fraction of sp³-hybridized carbons (Fsp3) is 0.212. The number of aliphatic hydroxyl groups is 1. The number of nitrogens with zero attached hydrogens (tertiary/aromatic N) is 1. The Bertz CT molecular complexity index is 1590. The molecule has 0 spiro atoms. The average Bonchev–Trinajstić information content (AvgIpc) is 3.13. The molecule has 1 aliphatic heterocycles. The quantitative estimate of drug-likeness (QED) is 0.180. The molecule has 4 nitrogen and oxygen atoms in total. The highest BCUT2D eigenvalue weighted by molar-refractivity contribution is 6.46. The largest absolute Gasteiger partial charge is 0.507 e. The lowest BCUT2D eigenvalue weighted by molar-refractivity contribution is -0.140. The van der Waals surface area contributed by atoms with E-state index in [1.807, 2.05) is 67.6 Å². The summed E-state index contributed by atoms with van der Waals surface area (Å²) >= 11 is 0. The predicted molar refractivity (Wildman–Crippen MR) is 148 cm³/mol. The van der Waals surface area contributed by atoms with Crippen molar-refractivity contribution in [2.75, 3.05) is 0 Å². The summed E-state index contributed by atoms with van der Waals surface area (Å²) < 4.78 is 13.6. The number of ketones is 1. The Kier molecular flexibility index (Phi) is 6.39. The van der Waals surface area contributed by atoms with Crippen LogP contribution in [0.3, 0.4) is 0 Å². The van der Waals surface area contributed by atoms with Gasteiger partial charge in [-0.2, -0.15) is 0 Å². The molecule has 5 heteroatoms. The third-order valence-electron chi connectivity index (χ3n) is 7.28. The molecular weight excluding hydrogens is 477 g/mol. The second kappa shape index (κ2) is 9.56. The fourth-order valence-corrected chi connectivity index (χ4v) is 5.13. The van der Waals surface area contributed by atoms with Crippen molar-refractivity contribution in [2.45, 2.75) is 45.7 Å². The third kappa shape index (κ3) is 4.49. The maximum Gasteiger partial charge on any atom is 0.295 e. The van der Waals surface area contributed by atoms with E-state index in [-0.39, 0.29) is 29.1 Å². The van der Waals surface area contributed by atoms with Crippen LogP contribution in [-0.2, 0) is 21.5 Å². The summed E-state index contributed by atoms with van der Waals surface area (Å²) in [6, 6.07) is 24.4. The highest BCUT2D eigenvalue weighted by Crippen LogP contribution is 2.43. The first-order valence-corrected chi connectivity index (χ1v) is 12.7. The van der Waals surface area contributed by atoms with Crippen molar-refractivity contribution in [3.05, 3.63) is 124 Å². The number of hydrogen-bond donors (Lipinski definition) is 1. The zero-order valence-electron chi connectivity index (χ0n) is 22.0. The van der Waals surface area contributed by atoms with Crippen LogP contribution in [0.4, 0.5) is 4.39 Å². The Morgan fingerprint density at radius 3 is 2.32 bits per heavy atom. The van der Waals surface area contributed by atoms with Crippen LogP contribution in [0.25, 0.3) is 16.5 Å². The second-order valence-corrected chi connectivity index (χ2v) is 10.9. The first-order chi connectivity index (χ1) is 18.1. The first-order valence-electron chi connectivity index (χ1n) is 12.7. The van der Waals surface area contributed by atoms with E-state index in [4.69, 9.17) is 0 Å². The number of fused-ring (bicyclic) bond motifs is 1. The molecule has 38 heavy (non-hydrogen) atoms. The van der Waals surface area contributed by atoms with Crippen LogP contribution in [0.15, 0.2) is 90.5 Å². The maximum atomic E-state index is 13.6. The van der Waals surface area contributed by atoms with Crippen LogP contribution in [0.2, 0.25) is 0 Å². The SMILES string of the molecule is Cc1ccc(C(C)(C)C)cc1/C(O)=C1\C(=O)C(=O)N(Cc2ccc(F)cc2)C1c1cccc2ccccc12. The number of halogens is 1. The van der Waals surface area contributed by atoms with Gasteiger partial charge in [0, 0.05) is 12.1 Å². The van der Waals surface area contributed by atoms with E-state index in [0.717, 1.165) is 27.5 Å². The number of rotatable bonds is 4. The van der Waals surface area contributed by atoms with E-state index in [2.05, 4.69) is 20.8 Å². The highest BCUT2D eigenvalue weighted by atomic mass is 19.1. The molecule has 0 aromatic heterocycles. The molecule has 1 saturated heterocycles. The Morgan fingerprint density at radius 1 is 0.921 bits per heavy atom. The lowest BCUT2D eigenvalue weighted by Gasteiger charge is -2.27. The lowest BCUT2D eigenvalue weighted by Crippen LogP contribution is -2.29. The van der Waals surface area contributed by atoms with E-state index in [9.17, 15) is 19.1 Å². The van der Waals surface area contributed by atoms with E-state index >= 15 is 0 Å². The van der Waals surface area contributed by atoms with Crippen LogP contribution in [0, 0.1) is 12.7 Å². The van der Waals surface area contributed by atoms with Gasteiger partial charge < -0.3 is 10.0 Å². The zero-order chi connectivity index (χ0) is 27.2. The number of likely N-dealkylation sites (tertiary alicyclic amines) is 1. The van der Waals surface area contributed by atoms with E-state index in [1.54, 1.807) is 12.1 Å². The third-order valence-corrected chi connectivity index (χ3v) is 7.28. The van der Waals surface area contributed by atoms with Gasteiger partial charge in [0.05, 0.1) is 11.6 Å². The molecule has 1 N–H and O–H groups in total. The smallest absolute Gasteiger partial charge is 0.295 e. The molecule has 1 fully saturated rings. The monoisotopic (exact) mass is 507 g/mol. The van der Waals surface area contributed by atoms with Gasteiger partial charge >= 0.3 is 0 Å². The molecule has 1 aliphatic rings. The van der Waals surface area contributed by atoms with Gasteiger partial charge in [-0.05, 0) is 63.6 Å². The van der Waals surface area contributed by atoms with Crippen molar-refractivity contribution < 1.29 is 19.1 Å². The molecule has 1 amide bonds. The molecule has 5 rings (SSSR count). The normalized spacial score (nSPS) is 17.4. The van der Waals surface area contributed by atoms with Gasteiger partial charge in [-0.25, -0.2) is 4.39 Å². The van der Waals surface area contributed by atoms with Gasteiger partial charge in [0.15, 0.2) is 0 Å². The lowest BCUT2D eigenvalue weighted by atomic mass is 9.84. The molecule has 0 saturated carbocycles. The molecule has 4 aromatic carbocycles. The molecule has 1 heterocycles. The summed E-state index contributed by atoms with van der Waals surface area (Å²) in [6.07, 6.45) is 0. The molecule has 1 unspecified atom stereocenters. The van der Waals surface area contributed by atoms with Gasteiger partial charge in [0.1, 0.15) is 11.6 Å². The summed E-state index contributed by atoms with van der Waals surface area (Å²) in [5.41, 5.74) is 3.65. The van der Waals surface area contributed by atoms with Gasteiger partial charge in [0.25, 0.3) is 11.7 Å².